The largest absolute Gasteiger partial charge is 0.480 e. The number of hydrogen-bond acceptors (Lipinski definition) is 2. The molecule has 2 unspecified atom stereocenters. The lowest BCUT2D eigenvalue weighted by molar-refractivity contribution is -0.142. The number of carboxylic acids is 1. The average molecular weight is 255 g/mol. The first kappa shape index (κ1) is 15.0. The Kier molecular flexibility index (Phi) is 5.63. The van der Waals surface area contributed by atoms with Gasteiger partial charge in [0.1, 0.15) is 6.04 Å². The molecular formula is C14H25NO3. The zero-order valence-electron chi connectivity index (χ0n) is 11.6. The van der Waals surface area contributed by atoms with Crippen LogP contribution in [0.5, 0.6) is 0 Å². The maximum atomic E-state index is 11.8. The van der Waals surface area contributed by atoms with Gasteiger partial charge in [-0.05, 0) is 37.0 Å². The first-order valence-corrected chi connectivity index (χ1v) is 6.90. The third kappa shape index (κ3) is 5.07. The molecule has 1 fully saturated rings. The maximum absolute atomic E-state index is 11.8. The Labute approximate surface area is 109 Å². The van der Waals surface area contributed by atoms with Gasteiger partial charge in [0.05, 0.1) is 0 Å². The number of aliphatic carboxylic acids is 1. The number of nitrogens with one attached hydrogen (secondary N) is 1. The van der Waals surface area contributed by atoms with Crippen LogP contribution in [0.3, 0.4) is 0 Å². The molecule has 0 aromatic carbocycles. The van der Waals surface area contributed by atoms with E-state index in [9.17, 15) is 9.59 Å². The zero-order chi connectivity index (χ0) is 13.7. The number of carbonyl (C=O) groups excluding carboxylic acids is 1. The summed E-state index contributed by atoms with van der Waals surface area (Å²) in [6.45, 7) is 6.12. The first-order chi connectivity index (χ1) is 8.38. The van der Waals surface area contributed by atoms with E-state index in [0.29, 0.717) is 24.7 Å². The molecule has 1 rings (SSSR count). The lowest BCUT2D eigenvalue weighted by Crippen LogP contribution is -2.42. The number of carboxylic acid groups (broad SMARTS) is 1. The van der Waals surface area contributed by atoms with Gasteiger partial charge in [0.25, 0.3) is 0 Å². The lowest BCUT2D eigenvalue weighted by Gasteiger charge is -2.17. The molecule has 0 saturated heterocycles. The van der Waals surface area contributed by atoms with Gasteiger partial charge in [-0.3, -0.25) is 4.79 Å². The fraction of sp³-hybridized carbons (Fsp3) is 0.857. The van der Waals surface area contributed by atoms with Crippen molar-refractivity contribution in [3.8, 4) is 0 Å². The summed E-state index contributed by atoms with van der Waals surface area (Å²) in [5, 5.41) is 11.7. The van der Waals surface area contributed by atoms with Crippen LogP contribution >= 0.6 is 0 Å². The fourth-order valence-corrected chi connectivity index (χ4v) is 2.72. The highest BCUT2D eigenvalue weighted by Crippen LogP contribution is 2.32. The monoisotopic (exact) mass is 255 g/mol. The second-order valence-electron chi connectivity index (χ2n) is 6.08. The molecule has 0 radical (unpaired) electrons. The summed E-state index contributed by atoms with van der Waals surface area (Å²) in [6.07, 6.45) is 4.34. The van der Waals surface area contributed by atoms with Crippen molar-refractivity contribution in [1.82, 2.24) is 5.32 Å². The van der Waals surface area contributed by atoms with Gasteiger partial charge in [0.15, 0.2) is 0 Å². The van der Waals surface area contributed by atoms with Crippen LogP contribution in [-0.4, -0.2) is 23.0 Å². The van der Waals surface area contributed by atoms with Crippen LogP contribution in [0.15, 0.2) is 0 Å². The van der Waals surface area contributed by atoms with Crippen LogP contribution in [0.1, 0.15) is 52.9 Å². The van der Waals surface area contributed by atoms with Crippen molar-refractivity contribution in [1.29, 1.82) is 0 Å². The highest BCUT2D eigenvalue weighted by molar-refractivity contribution is 5.83. The van der Waals surface area contributed by atoms with Crippen molar-refractivity contribution in [2.45, 2.75) is 58.9 Å². The number of carbonyl (C=O) groups is 2. The highest BCUT2D eigenvalue weighted by atomic mass is 16.4. The normalized spacial score (nSPS) is 25.1. The van der Waals surface area contributed by atoms with Crippen LogP contribution in [0.2, 0.25) is 0 Å². The van der Waals surface area contributed by atoms with Crippen LogP contribution in [0.25, 0.3) is 0 Å². The molecule has 4 nitrogen and oxygen atoms in total. The standard InChI is InChI=1S/C14H25NO3/c1-9(2)6-12(14(17)18)15-13(16)8-11-5-4-10(3)7-11/h9-12H,4-8H2,1-3H3,(H,15,16)(H,17,18)/t10?,11?,12-/m1/s1. The third-order valence-electron chi connectivity index (χ3n) is 3.62. The minimum Gasteiger partial charge on any atom is -0.480 e. The Morgan fingerprint density at radius 2 is 2.00 bits per heavy atom. The van der Waals surface area contributed by atoms with E-state index in [1.807, 2.05) is 13.8 Å². The number of rotatable bonds is 6. The molecule has 0 aromatic heterocycles. The quantitative estimate of drug-likeness (QED) is 0.766. The molecule has 1 aliphatic carbocycles. The first-order valence-electron chi connectivity index (χ1n) is 6.90. The third-order valence-corrected chi connectivity index (χ3v) is 3.62. The van der Waals surface area contributed by atoms with E-state index in [-0.39, 0.29) is 11.8 Å². The van der Waals surface area contributed by atoms with E-state index in [1.165, 1.54) is 6.42 Å². The molecule has 1 aliphatic rings. The van der Waals surface area contributed by atoms with Crippen LogP contribution in [0, 0.1) is 17.8 Å². The molecule has 2 N–H and O–H groups in total. The molecule has 1 amide bonds. The Morgan fingerprint density at radius 1 is 1.33 bits per heavy atom. The van der Waals surface area contributed by atoms with Crippen molar-refractivity contribution in [3.63, 3.8) is 0 Å². The van der Waals surface area contributed by atoms with Gasteiger partial charge < -0.3 is 10.4 Å². The fourth-order valence-electron chi connectivity index (χ4n) is 2.72. The molecule has 0 heterocycles. The summed E-state index contributed by atoms with van der Waals surface area (Å²) in [4.78, 5) is 22.9. The molecule has 0 aromatic rings. The van der Waals surface area contributed by atoms with Gasteiger partial charge in [-0.1, -0.05) is 27.2 Å². The predicted octanol–water partition coefficient (Wildman–Crippen LogP) is 2.43. The predicted molar refractivity (Wildman–Crippen MR) is 70.1 cm³/mol. The van der Waals surface area contributed by atoms with E-state index < -0.39 is 12.0 Å². The average Bonchev–Trinajstić information content (AvgIpc) is 2.62. The van der Waals surface area contributed by atoms with Crippen molar-refractivity contribution in [3.05, 3.63) is 0 Å². The second-order valence-corrected chi connectivity index (χ2v) is 6.08. The highest BCUT2D eigenvalue weighted by Gasteiger charge is 2.26. The van der Waals surface area contributed by atoms with E-state index in [1.54, 1.807) is 0 Å². The van der Waals surface area contributed by atoms with Gasteiger partial charge in [-0.25, -0.2) is 4.79 Å². The summed E-state index contributed by atoms with van der Waals surface area (Å²) in [5.41, 5.74) is 0. The smallest absolute Gasteiger partial charge is 0.326 e. The SMILES string of the molecule is CC(C)C[C@@H](NC(=O)CC1CCC(C)C1)C(=O)O. The summed E-state index contributed by atoms with van der Waals surface area (Å²) < 4.78 is 0. The number of amides is 1. The van der Waals surface area contributed by atoms with Gasteiger partial charge in [0, 0.05) is 6.42 Å². The van der Waals surface area contributed by atoms with Gasteiger partial charge in [0.2, 0.25) is 5.91 Å². The van der Waals surface area contributed by atoms with E-state index in [0.717, 1.165) is 12.8 Å². The molecule has 104 valence electrons. The Bertz CT molecular complexity index is 301. The molecule has 4 heteroatoms. The lowest BCUT2D eigenvalue weighted by atomic mass is 10.0. The van der Waals surface area contributed by atoms with Crippen molar-refractivity contribution in [2.75, 3.05) is 0 Å². The topological polar surface area (TPSA) is 66.4 Å². The zero-order valence-corrected chi connectivity index (χ0v) is 11.6. The molecule has 3 atom stereocenters. The minimum atomic E-state index is -0.933. The molecule has 0 spiro atoms. The van der Waals surface area contributed by atoms with Gasteiger partial charge in [-0.2, -0.15) is 0 Å². The minimum absolute atomic E-state index is 0.109. The van der Waals surface area contributed by atoms with E-state index >= 15 is 0 Å². The summed E-state index contributed by atoms with van der Waals surface area (Å²) in [5.74, 6) is 0.360. The van der Waals surface area contributed by atoms with Crippen LogP contribution < -0.4 is 5.32 Å². The summed E-state index contributed by atoms with van der Waals surface area (Å²) >= 11 is 0. The van der Waals surface area contributed by atoms with E-state index in [4.69, 9.17) is 5.11 Å². The molecule has 18 heavy (non-hydrogen) atoms. The second kappa shape index (κ2) is 6.76. The van der Waals surface area contributed by atoms with Crippen molar-refractivity contribution >= 4 is 11.9 Å². The van der Waals surface area contributed by atoms with Crippen LogP contribution in [-0.2, 0) is 9.59 Å². The Morgan fingerprint density at radius 3 is 2.44 bits per heavy atom. The van der Waals surface area contributed by atoms with Crippen molar-refractivity contribution < 1.29 is 14.7 Å². The van der Waals surface area contributed by atoms with Gasteiger partial charge in [-0.15, -0.1) is 0 Å². The molecular weight excluding hydrogens is 230 g/mol. The summed E-state index contributed by atoms with van der Waals surface area (Å²) in [6, 6.07) is -0.740. The molecule has 0 aliphatic heterocycles. The summed E-state index contributed by atoms with van der Waals surface area (Å²) in [7, 11) is 0. The molecule has 1 saturated carbocycles. The maximum Gasteiger partial charge on any atom is 0.326 e. The molecule has 0 bridgehead atoms. The Balaban J connectivity index is 2.39. The number of hydrogen-bond donors (Lipinski definition) is 2. The van der Waals surface area contributed by atoms with E-state index in [2.05, 4.69) is 12.2 Å². The van der Waals surface area contributed by atoms with Gasteiger partial charge >= 0.3 is 5.97 Å². The van der Waals surface area contributed by atoms with Crippen molar-refractivity contribution in [2.24, 2.45) is 17.8 Å². The Hall–Kier alpha value is -1.06. The van der Waals surface area contributed by atoms with Crippen LogP contribution in [0.4, 0.5) is 0 Å².